The van der Waals surface area contributed by atoms with Crippen LogP contribution >= 0.6 is 28.1 Å². The van der Waals surface area contributed by atoms with Crippen molar-refractivity contribution in [2.45, 2.75) is 12.8 Å². The quantitative estimate of drug-likeness (QED) is 0.759. The molecule has 0 bridgehead atoms. The van der Waals surface area contributed by atoms with Gasteiger partial charge in [0.25, 0.3) is 0 Å². The van der Waals surface area contributed by atoms with Gasteiger partial charge in [-0.3, -0.25) is 0 Å². The Morgan fingerprint density at radius 2 is 1.85 bits per heavy atom. The number of para-hydroxylation sites is 1. The molecule has 2 aromatic rings. The van der Waals surface area contributed by atoms with Gasteiger partial charge in [0, 0.05) is 22.4 Å². The van der Waals surface area contributed by atoms with E-state index in [1.54, 1.807) is 0 Å². The van der Waals surface area contributed by atoms with Crippen molar-refractivity contribution in [2.24, 2.45) is 0 Å². The average Bonchev–Trinajstić information content (AvgIpc) is 2.49. The summed E-state index contributed by atoms with van der Waals surface area (Å²) in [6.07, 6.45) is 2.27. The smallest absolute Gasteiger partial charge is 0.177 e. The standard InChI is InChI=1S/C16H15BrN2S/c17-13-7-9-14(10-8-13)18-16(20)19-11-3-5-12-4-1-2-6-15(12)19/h1-2,4,6-10H,3,5,11H2,(H,18,20). The van der Waals surface area contributed by atoms with Crippen molar-refractivity contribution in [1.29, 1.82) is 0 Å². The Morgan fingerprint density at radius 1 is 1.10 bits per heavy atom. The number of thiocarbonyl (C=S) groups is 1. The second-order valence-electron chi connectivity index (χ2n) is 4.82. The van der Waals surface area contributed by atoms with Gasteiger partial charge in [-0.15, -0.1) is 0 Å². The van der Waals surface area contributed by atoms with Crippen LogP contribution in [0, 0.1) is 0 Å². The third-order valence-electron chi connectivity index (χ3n) is 3.45. The molecule has 0 saturated carbocycles. The highest BCUT2D eigenvalue weighted by molar-refractivity contribution is 9.10. The van der Waals surface area contributed by atoms with Crippen LogP contribution in [0.2, 0.25) is 0 Å². The molecule has 0 radical (unpaired) electrons. The Hall–Kier alpha value is -1.39. The van der Waals surface area contributed by atoms with E-state index in [1.165, 1.54) is 11.3 Å². The van der Waals surface area contributed by atoms with Crippen LogP contribution in [0.4, 0.5) is 11.4 Å². The van der Waals surface area contributed by atoms with Crippen molar-refractivity contribution in [1.82, 2.24) is 0 Å². The number of fused-ring (bicyclic) bond motifs is 1. The van der Waals surface area contributed by atoms with Crippen molar-refractivity contribution < 1.29 is 0 Å². The Morgan fingerprint density at radius 3 is 2.65 bits per heavy atom. The first-order chi connectivity index (χ1) is 9.74. The van der Waals surface area contributed by atoms with Gasteiger partial charge in [-0.05, 0) is 61.0 Å². The molecule has 1 aliphatic heterocycles. The van der Waals surface area contributed by atoms with E-state index in [2.05, 4.69) is 50.4 Å². The monoisotopic (exact) mass is 346 g/mol. The van der Waals surface area contributed by atoms with Crippen LogP contribution in [0.1, 0.15) is 12.0 Å². The lowest BCUT2D eigenvalue weighted by Crippen LogP contribution is -2.38. The van der Waals surface area contributed by atoms with Crippen LogP contribution < -0.4 is 10.2 Å². The summed E-state index contributed by atoms with van der Waals surface area (Å²) in [6, 6.07) is 16.5. The number of aryl methyl sites for hydroxylation is 1. The zero-order valence-electron chi connectivity index (χ0n) is 11.0. The molecule has 0 spiro atoms. The molecule has 0 aliphatic carbocycles. The second-order valence-corrected chi connectivity index (χ2v) is 6.12. The molecule has 0 unspecified atom stereocenters. The number of hydrogen-bond acceptors (Lipinski definition) is 1. The van der Waals surface area contributed by atoms with Gasteiger partial charge < -0.3 is 10.2 Å². The average molecular weight is 347 g/mol. The fraction of sp³-hybridized carbons (Fsp3) is 0.188. The lowest BCUT2D eigenvalue weighted by atomic mass is 10.0. The molecule has 1 aliphatic rings. The maximum absolute atomic E-state index is 5.57. The maximum Gasteiger partial charge on any atom is 0.177 e. The van der Waals surface area contributed by atoms with Gasteiger partial charge in [-0.1, -0.05) is 34.1 Å². The summed E-state index contributed by atoms with van der Waals surface area (Å²) >= 11 is 9.01. The molecule has 2 aromatic carbocycles. The fourth-order valence-electron chi connectivity index (χ4n) is 2.47. The van der Waals surface area contributed by atoms with Crippen molar-refractivity contribution in [3.05, 3.63) is 58.6 Å². The SMILES string of the molecule is S=C(Nc1ccc(Br)cc1)N1CCCc2ccccc21. The second kappa shape index (κ2) is 5.94. The number of benzene rings is 2. The predicted molar refractivity (Wildman–Crippen MR) is 92.5 cm³/mol. The van der Waals surface area contributed by atoms with Gasteiger partial charge in [0.1, 0.15) is 0 Å². The minimum absolute atomic E-state index is 0.763. The first kappa shape index (κ1) is 13.6. The van der Waals surface area contributed by atoms with Crippen LogP contribution in [-0.2, 0) is 6.42 Å². The lowest BCUT2D eigenvalue weighted by molar-refractivity contribution is 0.781. The van der Waals surface area contributed by atoms with E-state index in [0.29, 0.717) is 0 Å². The van der Waals surface area contributed by atoms with E-state index in [9.17, 15) is 0 Å². The molecule has 0 aromatic heterocycles. The van der Waals surface area contributed by atoms with Crippen LogP contribution in [0.25, 0.3) is 0 Å². The van der Waals surface area contributed by atoms with Crippen molar-refractivity contribution in [2.75, 3.05) is 16.8 Å². The molecule has 0 fully saturated rings. The fourth-order valence-corrected chi connectivity index (χ4v) is 3.04. The van der Waals surface area contributed by atoms with Crippen molar-refractivity contribution in [3.8, 4) is 0 Å². The maximum atomic E-state index is 5.57. The minimum atomic E-state index is 0.763. The summed E-state index contributed by atoms with van der Waals surface area (Å²) in [5.74, 6) is 0. The van der Waals surface area contributed by atoms with Gasteiger partial charge in [0.2, 0.25) is 0 Å². The zero-order chi connectivity index (χ0) is 13.9. The Kier molecular flexibility index (Phi) is 4.03. The number of nitrogens with zero attached hydrogens (tertiary/aromatic N) is 1. The minimum Gasteiger partial charge on any atom is -0.332 e. The summed E-state index contributed by atoms with van der Waals surface area (Å²) in [7, 11) is 0. The molecule has 3 rings (SSSR count). The third-order valence-corrected chi connectivity index (χ3v) is 4.30. The number of rotatable bonds is 1. The van der Waals surface area contributed by atoms with Crippen molar-refractivity contribution >= 4 is 44.6 Å². The normalized spacial score (nSPS) is 13.8. The summed E-state index contributed by atoms with van der Waals surface area (Å²) < 4.78 is 1.07. The molecule has 20 heavy (non-hydrogen) atoms. The number of anilines is 2. The van der Waals surface area contributed by atoms with E-state index in [4.69, 9.17) is 12.2 Å². The largest absolute Gasteiger partial charge is 0.332 e. The lowest BCUT2D eigenvalue weighted by Gasteiger charge is -2.31. The molecule has 0 atom stereocenters. The molecule has 0 amide bonds. The molecule has 4 heteroatoms. The van der Waals surface area contributed by atoms with E-state index in [1.807, 2.05) is 24.3 Å². The topological polar surface area (TPSA) is 15.3 Å². The van der Waals surface area contributed by atoms with Crippen molar-refractivity contribution in [3.63, 3.8) is 0 Å². The Balaban J connectivity index is 1.80. The molecule has 1 heterocycles. The third kappa shape index (κ3) is 2.86. The summed E-state index contributed by atoms with van der Waals surface area (Å²) in [6.45, 7) is 0.972. The molecule has 2 nitrogen and oxygen atoms in total. The molecule has 1 N–H and O–H groups in total. The van der Waals surface area contributed by atoms with Crippen LogP contribution in [0.5, 0.6) is 0 Å². The molecule has 0 saturated heterocycles. The van der Waals surface area contributed by atoms with Gasteiger partial charge in [-0.2, -0.15) is 0 Å². The number of hydrogen-bond donors (Lipinski definition) is 1. The summed E-state index contributed by atoms with van der Waals surface area (Å²) in [5, 5.41) is 4.08. The Labute approximate surface area is 132 Å². The van der Waals surface area contributed by atoms with E-state index < -0.39 is 0 Å². The first-order valence-electron chi connectivity index (χ1n) is 6.66. The highest BCUT2D eigenvalue weighted by atomic mass is 79.9. The van der Waals surface area contributed by atoms with Gasteiger partial charge >= 0.3 is 0 Å². The Bertz CT molecular complexity index is 625. The number of halogens is 1. The molecular weight excluding hydrogens is 332 g/mol. The first-order valence-corrected chi connectivity index (χ1v) is 7.86. The summed E-state index contributed by atoms with van der Waals surface area (Å²) in [4.78, 5) is 2.19. The molecular formula is C16H15BrN2S. The van der Waals surface area contributed by atoms with Crippen LogP contribution in [0.15, 0.2) is 53.0 Å². The van der Waals surface area contributed by atoms with Gasteiger partial charge in [0.15, 0.2) is 5.11 Å². The highest BCUT2D eigenvalue weighted by Gasteiger charge is 2.19. The van der Waals surface area contributed by atoms with Crippen LogP contribution in [-0.4, -0.2) is 11.7 Å². The van der Waals surface area contributed by atoms with Crippen LogP contribution in [0.3, 0.4) is 0 Å². The molecule has 102 valence electrons. The summed E-state index contributed by atoms with van der Waals surface area (Å²) in [5.41, 5.74) is 3.62. The van der Waals surface area contributed by atoms with E-state index >= 15 is 0 Å². The zero-order valence-corrected chi connectivity index (χ0v) is 13.4. The van der Waals surface area contributed by atoms with Gasteiger partial charge in [-0.25, -0.2) is 0 Å². The van der Waals surface area contributed by atoms with Gasteiger partial charge in [0.05, 0.1) is 0 Å². The predicted octanol–water partition coefficient (Wildman–Crippen LogP) is 4.60. The van der Waals surface area contributed by atoms with E-state index in [-0.39, 0.29) is 0 Å². The van der Waals surface area contributed by atoms with E-state index in [0.717, 1.165) is 34.7 Å². The highest BCUT2D eigenvalue weighted by Crippen LogP contribution is 2.27. The number of nitrogens with one attached hydrogen (secondary N) is 1.